The zero-order valence-electron chi connectivity index (χ0n) is 16.3. The first-order chi connectivity index (χ1) is 14.2. The molecular formula is C23H23N3O2S. The number of nitrogens with one attached hydrogen (secondary N) is 1. The van der Waals surface area contributed by atoms with Gasteiger partial charge in [0.15, 0.2) is 0 Å². The lowest BCUT2D eigenvalue weighted by atomic mass is 10.2. The number of carbonyl (C=O) groups excluding carboxylic acids is 1. The number of hydrogen-bond acceptors (Lipinski definition) is 4. The lowest BCUT2D eigenvalue weighted by Gasteiger charge is -2.11. The Bertz CT molecular complexity index is 1100. The summed E-state index contributed by atoms with van der Waals surface area (Å²) in [6.07, 6.45) is 0.847. The van der Waals surface area contributed by atoms with E-state index in [1.807, 2.05) is 53.9 Å². The molecular weight excluding hydrogens is 382 g/mol. The summed E-state index contributed by atoms with van der Waals surface area (Å²) < 4.78 is 8.05. The second-order valence-electron chi connectivity index (χ2n) is 6.85. The number of para-hydroxylation sites is 2. The van der Waals surface area contributed by atoms with Gasteiger partial charge in [-0.15, -0.1) is 11.3 Å². The highest BCUT2D eigenvalue weighted by molar-refractivity contribution is 7.12. The molecule has 0 fully saturated rings. The Morgan fingerprint density at radius 1 is 1.14 bits per heavy atom. The number of aromatic nitrogens is 2. The van der Waals surface area contributed by atoms with Crippen molar-refractivity contribution in [2.75, 3.05) is 6.61 Å². The average Bonchev–Trinajstić information content (AvgIpc) is 3.38. The molecule has 0 saturated carbocycles. The van der Waals surface area contributed by atoms with Crippen LogP contribution in [0.15, 0.2) is 66.0 Å². The van der Waals surface area contributed by atoms with E-state index in [0.717, 1.165) is 35.6 Å². The predicted octanol–water partition coefficient (Wildman–Crippen LogP) is 4.81. The van der Waals surface area contributed by atoms with Gasteiger partial charge in [-0.2, -0.15) is 0 Å². The second kappa shape index (κ2) is 8.92. The summed E-state index contributed by atoms with van der Waals surface area (Å²) in [5.74, 6) is 1.68. The number of amides is 1. The molecule has 2 heterocycles. The van der Waals surface area contributed by atoms with Gasteiger partial charge in [0.1, 0.15) is 11.6 Å². The molecule has 0 atom stereocenters. The molecule has 1 amide bonds. The minimum atomic E-state index is -0.0682. The van der Waals surface area contributed by atoms with Crippen LogP contribution in [-0.4, -0.2) is 22.1 Å². The van der Waals surface area contributed by atoms with Crippen molar-refractivity contribution in [2.24, 2.45) is 0 Å². The van der Waals surface area contributed by atoms with Gasteiger partial charge in [0.25, 0.3) is 5.91 Å². The summed E-state index contributed by atoms with van der Waals surface area (Å²) in [7, 11) is 0. The van der Waals surface area contributed by atoms with Gasteiger partial charge in [0.05, 0.1) is 29.1 Å². The average molecular weight is 406 g/mol. The Kier molecular flexibility index (Phi) is 5.91. The standard InChI is InChI=1S/C23H23N3O2S/c1-17-7-4-8-18(15-17)28-13-6-12-26-20-10-3-2-9-19(20)25-22(26)16-24-23(27)21-11-5-14-29-21/h2-5,7-11,14-15H,6,12-13,16H2,1H3,(H,24,27). The van der Waals surface area contributed by atoms with Crippen molar-refractivity contribution in [3.05, 3.63) is 82.3 Å². The van der Waals surface area contributed by atoms with Crippen LogP contribution in [0.5, 0.6) is 5.75 Å². The third-order valence-corrected chi connectivity index (χ3v) is 5.54. The molecule has 0 aliphatic carbocycles. The number of nitrogens with zero attached hydrogens (tertiary/aromatic N) is 2. The smallest absolute Gasteiger partial charge is 0.261 e. The Morgan fingerprint density at radius 3 is 2.86 bits per heavy atom. The quantitative estimate of drug-likeness (QED) is 0.428. The molecule has 5 nitrogen and oxygen atoms in total. The lowest BCUT2D eigenvalue weighted by molar-refractivity contribution is 0.0953. The Hall–Kier alpha value is -3.12. The summed E-state index contributed by atoms with van der Waals surface area (Å²) in [6, 6.07) is 19.8. The summed E-state index contributed by atoms with van der Waals surface area (Å²) >= 11 is 1.44. The molecule has 0 saturated heterocycles. The van der Waals surface area contributed by atoms with Crippen LogP contribution >= 0.6 is 11.3 Å². The SMILES string of the molecule is Cc1cccc(OCCCn2c(CNC(=O)c3cccs3)nc3ccccc32)c1. The first-order valence-electron chi connectivity index (χ1n) is 9.66. The first-order valence-corrected chi connectivity index (χ1v) is 10.5. The molecule has 148 valence electrons. The first kappa shape index (κ1) is 19.2. The maximum absolute atomic E-state index is 12.3. The number of hydrogen-bond donors (Lipinski definition) is 1. The van der Waals surface area contributed by atoms with Gasteiger partial charge in [-0.1, -0.05) is 30.3 Å². The molecule has 0 radical (unpaired) electrons. The molecule has 2 aromatic heterocycles. The van der Waals surface area contributed by atoms with Gasteiger partial charge >= 0.3 is 0 Å². The highest BCUT2D eigenvalue weighted by atomic mass is 32.1. The van der Waals surface area contributed by atoms with Gasteiger partial charge in [-0.25, -0.2) is 4.98 Å². The van der Waals surface area contributed by atoms with E-state index in [1.54, 1.807) is 0 Å². The maximum Gasteiger partial charge on any atom is 0.261 e. The number of fused-ring (bicyclic) bond motifs is 1. The maximum atomic E-state index is 12.3. The third kappa shape index (κ3) is 4.66. The monoisotopic (exact) mass is 405 g/mol. The normalized spacial score (nSPS) is 10.9. The number of rotatable bonds is 8. The molecule has 0 aliphatic rings. The summed E-state index contributed by atoms with van der Waals surface area (Å²) in [4.78, 5) is 17.7. The van der Waals surface area contributed by atoms with Crippen molar-refractivity contribution in [1.29, 1.82) is 0 Å². The summed E-state index contributed by atoms with van der Waals surface area (Å²) in [5.41, 5.74) is 3.20. The van der Waals surface area contributed by atoms with Crippen molar-refractivity contribution in [3.8, 4) is 5.75 Å². The molecule has 2 aromatic carbocycles. The topological polar surface area (TPSA) is 56.1 Å². The Labute approximate surface area is 174 Å². The van der Waals surface area contributed by atoms with E-state index in [0.29, 0.717) is 18.0 Å². The fourth-order valence-corrected chi connectivity index (χ4v) is 3.92. The van der Waals surface area contributed by atoms with Gasteiger partial charge in [-0.05, 0) is 54.6 Å². The fraction of sp³-hybridized carbons (Fsp3) is 0.217. The predicted molar refractivity (Wildman–Crippen MR) is 117 cm³/mol. The van der Waals surface area contributed by atoms with Crippen molar-refractivity contribution < 1.29 is 9.53 Å². The molecule has 1 N–H and O–H groups in total. The van der Waals surface area contributed by atoms with E-state index < -0.39 is 0 Å². The minimum absolute atomic E-state index is 0.0682. The van der Waals surface area contributed by atoms with E-state index in [2.05, 4.69) is 28.9 Å². The molecule has 4 aromatic rings. The molecule has 29 heavy (non-hydrogen) atoms. The zero-order chi connectivity index (χ0) is 20.1. The van der Waals surface area contributed by atoms with Crippen LogP contribution in [-0.2, 0) is 13.1 Å². The molecule has 6 heteroatoms. The van der Waals surface area contributed by atoms with Gasteiger partial charge < -0.3 is 14.6 Å². The Balaban J connectivity index is 1.42. The third-order valence-electron chi connectivity index (χ3n) is 4.67. The van der Waals surface area contributed by atoms with Crippen molar-refractivity contribution in [2.45, 2.75) is 26.4 Å². The van der Waals surface area contributed by atoms with E-state index in [9.17, 15) is 4.79 Å². The largest absolute Gasteiger partial charge is 0.494 e. The van der Waals surface area contributed by atoms with Crippen LogP contribution in [0.25, 0.3) is 11.0 Å². The van der Waals surface area contributed by atoms with Crippen LogP contribution in [0, 0.1) is 6.92 Å². The number of imidazole rings is 1. The van der Waals surface area contributed by atoms with Gasteiger partial charge in [-0.3, -0.25) is 4.79 Å². The second-order valence-corrected chi connectivity index (χ2v) is 7.79. The van der Waals surface area contributed by atoms with Crippen molar-refractivity contribution in [3.63, 3.8) is 0 Å². The van der Waals surface area contributed by atoms with E-state index >= 15 is 0 Å². The van der Waals surface area contributed by atoms with Gasteiger partial charge in [0.2, 0.25) is 0 Å². The summed E-state index contributed by atoms with van der Waals surface area (Å²) in [6.45, 7) is 3.85. The van der Waals surface area contributed by atoms with E-state index in [1.165, 1.54) is 16.9 Å². The zero-order valence-corrected chi connectivity index (χ0v) is 17.1. The van der Waals surface area contributed by atoms with Crippen LogP contribution in [0.3, 0.4) is 0 Å². The molecule has 4 rings (SSSR count). The van der Waals surface area contributed by atoms with Crippen LogP contribution in [0.2, 0.25) is 0 Å². The van der Waals surface area contributed by atoms with Crippen LogP contribution < -0.4 is 10.1 Å². The number of ether oxygens (including phenoxy) is 1. The summed E-state index contributed by atoms with van der Waals surface area (Å²) in [5, 5.41) is 4.88. The number of benzene rings is 2. The van der Waals surface area contributed by atoms with Crippen molar-refractivity contribution in [1.82, 2.24) is 14.9 Å². The Morgan fingerprint density at radius 2 is 2.03 bits per heavy atom. The minimum Gasteiger partial charge on any atom is -0.494 e. The van der Waals surface area contributed by atoms with E-state index in [-0.39, 0.29) is 5.91 Å². The number of aryl methyl sites for hydroxylation is 2. The molecule has 0 spiro atoms. The van der Waals surface area contributed by atoms with Crippen LogP contribution in [0.1, 0.15) is 27.5 Å². The molecule has 0 unspecified atom stereocenters. The number of thiophene rings is 1. The lowest BCUT2D eigenvalue weighted by Crippen LogP contribution is -2.24. The van der Waals surface area contributed by atoms with Crippen LogP contribution in [0.4, 0.5) is 0 Å². The highest BCUT2D eigenvalue weighted by Crippen LogP contribution is 2.18. The van der Waals surface area contributed by atoms with Gasteiger partial charge in [0, 0.05) is 6.54 Å². The molecule has 0 aliphatic heterocycles. The van der Waals surface area contributed by atoms with E-state index in [4.69, 9.17) is 9.72 Å². The number of carbonyl (C=O) groups is 1. The van der Waals surface area contributed by atoms with Crippen molar-refractivity contribution >= 4 is 28.3 Å². The molecule has 0 bridgehead atoms. The fourth-order valence-electron chi connectivity index (χ4n) is 3.28. The highest BCUT2D eigenvalue weighted by Gasteiger charge is 2.12.